The first kappa shape index (κ1) is 16.7. The second kappa shape index (κ2) is 8.08. The fraction of sp³-hybridized carbons (Fsp3) is 0.500. The van der Waals surface area contributed by atoms with Crippen LogP contribution in [-0.4, -0.2) is 34.3 Å². The first-order valence-electron chi connectivity index (χ1n) is 7.67. The van der Waals surface area contributed by atoms with Gasteiger partial charge in [0.1, 0.15) is 5.75 Å². The van der Waals surface area contributed by atoms with Crippen LogP contribution in [0.2, 0.25) is 0 Å². The zero-order valence-corrected chi connectivity index (χ0v) is 14.1. The van der Waals surface area contributed by atoms with E-state index in [4.69, 9.17) is 4.74 Å². The van der Waals surface area contributed by atoms with Gasteiger partial charge in [-0.2, -0.15) is 0 Å². The van der Waals surface area contributed by atoms with Crippen molar-refractivity contribution in [1.29, 1.82) is 0 Å². The highest BCUT2D eigenvalue weighted by Gasteiger charge is 2.10. The number of carbonyl (C=O) groups is 1. The first-order chi connectivity index (χ1) is 10.6. The molecule has 0 saturated carbocycles. The van der Waals surface area contributed by atoms with Gasteiger partial charge in [0.05, 0.1) is 23.4 Å². The van der Waals surface area contributed by atoms with E-state index in [1.807, 2.05) is 32.0 Å². The summed E-state index contributed by atoms with van der Waals surface area (Å²) in [5, 5.41) is 3.74. The van der Waals surface area contributed by atoms with E-state index in [-0.39, 0.29) is 11.9 Å². The van der Waals surface area contributed by atoms with E-state index in [1.165, 1.54) is 11.8 Å². The molecule has 0 bridgehead atoms. The summed E-state index contributed by atoms with van der Waals surface area (Å²) in [7, 11) is 0. The fourth-order valence-corrected chi connectivity index (χ4v) is 2.94. The Morgan fingerprint density at radius 3 is 3.00 bits per heavy atom. The highest BCUT2D eigenvalue weighted by atomic mass is 32.2. The van der Waals surface area contributed by atoms with Gasteiger partial charge < -0.3 is 15.0 Å². The molecule has 2 rings (SSSR count). The highest BCUT2D eigenvalue weighted by molar-refractivity contribution is 7.99. The van der Waals surface area contributed by atoms with E-state index in [2.05, 4.69) is 22.2 Å². The van der Waals surface area contributed by atoms with Crippen LogP contribution < -0.4 is 10.1 Å². The largest absolute Gasteiger partial charge is 0.494 e. The third-order valence-corrected chi connectivity index (χ3v) is 4.08. The lowest BCUT2D eigenvalue weighted by molar-refractivity contribution is -0.119. The number of amides is 1. The minimum atomic E-state index is 0.0430. The number of aromatic nitrogens is 2. The minimum absolute atomic E-state index is 0.0430. The highest BCUT2D eigenvalue weighted by Crippen LogP contribution is 2.23. The van der Waals surface area contributed by atoms with Gasteiger partial charge in [-0.15, -0.1) is 0 Å². The van der Waals surface area contributed by atoms with E-state index in [1.54, 1.807) is 0 Å². The van der Waals surface area contributed by atoms with Gasteiger partial charge in [0.15, 0.2) is 5.16 Å². The molecule has 22 heavy (non-hydrogen) atoms. The summed E-state index contributed by atoms with van der Waals surface area (Å²) >= 11 is 1.41. The van der Waals surface area contributed by atoms with Crippen LogP contribution in [0.4, 0.5) is 0 Å². The number of carbonyl (C=O) groups excluding carboxylic acids is 1. The van der Waals surface area contributed by atoms with Gasteiger partial charge in [-0.3, -0.25) is 4.79 Å². The Bertz CT molecular complexity index is 627. The van der Waals surface area contributed by atoms with Crippen LogP contribution in [0.25, 0.3) is 11.0 Å². The molecule has 120 valence electrons. The summed E-state index contributed by atoms with van der Waals surface area (Å²) in [4.78, 5) is 19.6. The smallest absolute Gasteiger partial charge is 0.230 e. The molecule has 0 radical (unpaired) electrons. The molecular formula is C16H23N3O2S. The monoisotopic (exact) mass is 321 g/mol. The van der Waals surface area contributed by atoms with Crippen LogP contribution in [0.5, 0.6) is 5.75 Å². The van der Waals surface area contributed by atoms with Gasteiger partial charge in [0.25, 0.3) is 0 Å². The number of aromatic amines is 1. The number of fused-ring (bicyclic) bond motifs is 1. The van der Waals surface area contributed by atoms with Crippen molar-refractivity contribution in [2.75, 3.05) is 12.4 Å². The van der Waals surface area contributed by atoms with Crippen molar-refractivity contribution < 1.29 is 9.53 Å². The SMILES string of the molecule is CCCC(C)NC(=O)CSc1nc2ccc(OCC)cc2[nH]1. The third-order valence-electron chi connectivity index (χ3n) is 3.21. The Kier molecular flexibility index (Phi) is 6.12. The van der Waals surface area contributed by atoms with Crippen LogP contribution >= 0.6 is 11.8 Å². The van der Waals surface area contributed by atoms with E-state index in [0.717, 1.165) is 34.8 Å². The summed E-state index contributed by atoms with van der Waals surface area (Å²) in [6, 6.07) is 5.98. The quantitative estimate of drug-likeness (QED) is 0.732. The molecule has 1 unspecified atom stereocenters. The third kappa shape index (κ3) is 4.66. The van der Waals surface area contributed by atoms with Crippen molar-refractivity contribution in [1.82, 2.24) is 15.3 Å². The lowest BCUT2D eigenvalue weighted by Crippen LogP contribution is -2.33. The number of imidazole rings is 1. The number of thioether (sulfide) groups is 1. The number of hydrogen-bond donors (Lipinski definition) is 2. The van der Waals surface area contributed by atoms with Gasteiger partial charge in [-0.1, -0.05) is 25.1 Å². The van der Waals surface area contributed by atoms with E-state index in [0.29, 0.717) is 12.4 Å². The Morgan fingerprint density at radius 2 is 2.27 bits per heavy atom. The Balaban J connectivity index is 1.93. The zero-order chi connectivity index (χ0) is 15.9. The molecule has 0 aliphatic heterocycles. The topological polar surface area (TPSA) is 67.0 Å². The molecule has 1 amide bonds. The lowest BCUT2D eigenvalue weighted by atomic mass is 10.2. The Labute approximate surface area is 135 Å². The van der Waals surface area contributed by atoms with Crippen molar-refractivity contribution in [3.63, 3.8) is 0 Å². The minimum Gasteiger partial charge on any atom is -0.494 e. The van der Waals surface area contributed by atoms with E-state index in [9.17, 15) is 4.79 Å². The standard InChI is InChI=1S/C16H23N3O2S/c1-4-6-11(3)17-15(20)10-22-16-18-13-8-7-12(21-5-2)9-14(13)19-16/h7-9,11H,4-6,10H2,1-3H3,(H,17,20)(H,18,19). The average molecular weight is 321 g/mol. The van der Waals surface area contributed by atoms with Crippen LogP contribution in [0, 0.1) is 0 Å². The number of H-pyrrole nitrogens is 1. The predicted octanol–water partition coefficient (Wildman–Crippen LogP) is 3.36. The summed E-state index contributed by atoms with van der Waals surface area (Å²) in [6.07, 6.45) is 2.07. The maximum atomic E-state index is 11.9. The summed E-state index contributed by atoms with van der Waals surface area (Å²) < 4.78 is 5.47. The second-order valence-corrected chi connectivity index (χ2v) is 6.16. The second-order valence-electron chi connectivity index (χ2n) is 5.20. The lowest BCUT2D eigenvalue weighted by Gasteiger charge is -2.11. The molecule has 0 spiro atoms. The van der Waals surface area contributed by atoms with E-state index >= 15 is 0 Å². The van der Waals surface area contributed by atoms with Crippen LogP contribution in [0.15, 0.2) is 23.4 Å². The van der Waals surface area contributed by atoms with Gasteiger partial charge >= 0.3 is 0 Å². The van der Waals surface area contributed by atoms with Crippen molar-refractivity contribution in [2.45, 2.75) is 44.8 Å². The van der Waals surface area contributed by atoms with Crippen LogP contribution in [0.1, 0.15) is 33.6 Å². The molecule has 2 aromatic rings. The number of rotatable bonds is 8. The summed E-state index contributed by atoms with van der Waals surface area (Å²) in [6.45, 7) is 6.73. The van der Waals surface area contributed by atoms with E-state index < -0.39 is 0 Å². The fourth-order valence-electron chi connectivity index (χ4n) is 2.25. The molecule has 1 heterocycles. The maximum absolute atomic E-state index is 11.9. The number of ether oxygens (including phenoxy) is 1. The zero-order valence-electron chi connectivity index (χ0n) is 13.3. The predicted molar refractivity (Wildman–Crippen MR) is 90.5 cm³/mol. The first-order valence-corrected chi connectivity index (χ1v) is 8.65. The number of nitrogens with one attached hydrogen (secondary N) is 2. The number of benzene rings is 1. The molecule has 1 atom stereocenters. The van der Waals surface area contributed by atoms with Crippen molar-refractivity contribution in [3.8, 4) is 5.75 Å². The van der Waals surface area contributed by atoms with Gasteiger partial charge in [0, 0.05) is 12.1 Å². The molecule has 0 saturated heterocycles. The van der Waals surface area contributed by atoms with Gasteiger partial charge in [-0.25, -0.2) is 4.98 Å². The normalized spacial score (nSPS) is 12.3. The average Bonchev–Trinajstić information content (AvgIpc) is 2.88. The molecule has 1 aromatic carbocycles. The van der Waals surface area contributed by atoms with Crippen LogP contribution in [-0.2, 0) is 4.79 Å². The number of hydrogen-bond acceptors (Lipinski definition) is 4. The van der Waals surface area contributed by atoms with Crippen molar-refractivity contribution in [3.05, 3.63) is 18.2 Å². The summed E-state index contributed by atoms with van der Waals surface area (Å²) in [5.74, 6) is 1.23. The van der Waals surface area contributed by atoms with Crippen LogP contribution in [0.3, 0.4) is 0 Å². The van der Waals surface area contributed by atoms with Crippen molar-refractivity contribution in [2.24, 2.45) is 0 Å². The van der Waals surface area contributed by atoms with Crippen molar-refractivity contribution >= 4 is 28.7 Å². The Hall–Kier alpha value is -1.69. The number of nitrogens with zero attached hydrogens (tertiary/aromatic N) is 1. The molecule has 6 heteroatoms. The molecule has 1 aromatic heterocycles. The maximum Gasteiger partial charge on any atom is 0.230 e. The molecule has 0 aliphatic carbocycles. The molecule has 0 fully saturated rings. The molecule has 5 nitrogen and oxygen atoms in total. The van der Waals surface area contributed by atoms with Gasteiger partial charge in [-0.05, 0) is 32.4 Å². The molecule has 0 aliphatic rings. The summed E-state index contributed by atoms with van der Waals surface area (Å²) in [5.41, 5.74) is 1.80. The van der Waals surface area contributed by atoms with Gasteiger partial charge in [0.2, 0.25) is 5.91 Å². The molecule has 2 N–H and O–H groups in total. The molecular weight excluding hydrogens is 298 g/mol. The Morgan fingerprint density at radius 1 is 1.45 bits per heavy atom.